The molecule has 2 amide bonds. The molecule has 1 heterocycles. The lowest BCUT2D eigenvalue weighted by Crippen LogP contribution is -2.41. The molecule has 0 saturated carbocycles. The summed E-state index contributed by atoms with van der Waals surface area (Å²) in [5.41, 5.74) is 5.57. The molecule has 1 aliphatic rings. The second-order valence-electron chi connectivity index (χ2n) is 8.17. The molecule has 3 N–H and O–H groups in total. The van der Waals surface area contributed by atoms with Crippen LogP contribution < -0.4 is 11.1 Å². The molecule has 0 bridgehead atoms. The van der Waals surface area contributed by atoms with Crippen LogP contribution in [0.5, 0.6) is 0 Å². The van der Waals surface area contributed by atoms with Crippen LogP contribution in [0.1, 0.15) is 28.8 Å². The van der Waals surface area contributed by atoms with Gasteiger partial charge in [-0.15, -0.1) is 0 Å². The second-order valence-corrected chi connectivity index (χ2v) is 10.1. The molecule has 0 atom stereocenters. The first-order valence-corrected chi connectivity index (χ1v) is 12.0. The van der Waals surface area contributed by atoms with E-state index in [1.165, 1.54) is 17.3 Å². The van der Waals surface area contributed by atoms with Crippen molar-refractivity contribution in [3.63, 3.8) is 0 Å². The number of piperidine rings is 1. The zero-order chi connectivity index (χ0) is 23.8. The van der Waals surface area contributed by atoms with Gasteiger partial charge in [0.2, 0.25) is 21.8 Å². The van der Waals surface area contributed by atoms with Crippen molar-refractivity contribution in [3.8, 4) is 0 Å². The lowest BCUT2D eigenvalue weighted by Gasteiger charge is -2.30. The number of carbonyl (C=O) groups excluding carboxylic acids is 2. The molecule has 3 aromatic carbocycles. The maximum absolute atomic E-state index is 14.1. The fourth-order valence-corrected chi connectivity index (χ4v) is 5.53. The average molecular weight is 470 g/mol. The Bertz CT molecular complexity index is 1350. The summed E-state index contributed by atoms with van der Waals surface area (Å²) in [5, 5.41) is 4.47. The summed E-state index contributed by atoms with van der Waals surface area (Å²) < 4.78 is 41.7. The van der Waals surface area contributed by atoms with Crippen LogP contribution in [0.15, 0.2) is 59.5 Å². The summed E-state index contributed by atoms with van der Waals surface area (Å²) in [6, 6.07) is 14.9. The van der Waals surface area contributed by atoms with E-state index in [9.17, 15) is 22.4 Å². The number of sulfonamides is 1. The average Bonchev–Trinajstić information content (AvgIpc) is 2.81. The number of nitrogens with one attached hydrogen (secondary N) is 1. The quantitative estimate of drug-likeness (QED) is 0.597. The smallest absolute Gasteiger partial charge is 0.248 e. The van der Waals surface area contributed by atoms with Gasteiger partial charge < -0.3 is 11.1 Å². The van der Waals surface area contributed by atoms with Gasteiger partial charge in [0, 0.05) is 35.8 Å². The third-order valence-electron chi connectivity index (χ3n) is 6.07. The standard InChI is InChI=1S/C24H24FN3O4S/c1-15-21(25)13-19(23(26)29)14-22(15)27-24(30)17-8-10-28(11-9-17)33(31,32)20-7-6-16-4-2-3-5-18(16)12-20/h2-7,12-14,17H,8-11H2,1H3,(H2,26,29)(H,27,30). The van der Waals surface area contributed by atoms with Gasteiger partial charge in [0.05, 0.1) is 4.90 Å². The van der Waals surface area contributed by atoms with Gasteiger partial charge in [-0.2, -0.15) is 4.31 Å². The molecular weight excluding hydrogens is 445 g/mol. The van der Waals surface area contributed by atoms with Crippen LogP contribution in [0.2, 0.25) is 0 Å². The molecular formula is C24H24FN3O4S. The molecule has 33 heavy (non-hydrogen) atoms. The van der Waals surface area contributed by atoms with E-state index in [0.717, 1.165) is 16.8 Å². The van der Waals surface area contributed by atoms with Gasteiger partial charge >= 0.3 is 0 Å². The molecule has 1 saturated heterocycles. The number of anilines is 1. The van der Waals surface area contributed by atoms with Crippen LogP contribution in [0.4, 0.5) is 10.1 Å². The van der Waals surface area contributed by atoms with Crippen molar-refractivity contribution in [2.75, 3.05) is 18.4 Å². The fourth-order valence-electron chi connectivity index (χ4n) is 4.02. The number of nitrogens with two attached hydrogens (primary N) is 1. The normalized spacial score (nSPS) is 15.5. The van der Waals surface area contributed by atoms with Crippen LogP contribution in [-0.2, 0) is 14.8 Å². The van der Waals surface area contributed by atoms with Crippen molar-refractivity contribution in [3.05, 3.63) is 71.5 Å². The number of hydrogen-bond acceptors (Lipinski definition) is 4. The maximum Gasteiger partial charge on any atom is 0.248 e. The molecule has 3 aromatic rings. The number of fused-ring (bicyclic) bond motifs is 1. The Balaban J connectivity index is 1.45. The summed E-state index contributed by atoms with van der Waals surface area (Å²) in [4.78, 5) is 24.4. The number of carbonyl (C=O) groups is 2. The van der Waals surface area contributed by atoms with Crippen molar-refractivity contribution < 1.29 is 22.4 Å². The van der Waals surface area contributed by atoms with Gasteiger partial charge in [-0.3, -0.25) is 9.59 Å². The van der Waals surface area contributed by atoms with Crippen LogP contribution in [0.25, 0.3) is 10.8 Å². The van der Waals surface area contributed by atoms with Gasteiger partial charge in [0.1, 0.15) is 5.82 Å². The van der Waals surface area contributed by atoms with E-state index in [2.05, 4.69) is 5.32 Å². The zero-order valence-electron chi connectivity index (χ0n) is 18.0. The van der Waals surface area contributed by atoms with Crippen molar-refractivity contribution in [2.24, 2.45) is 11.7 Å². The highest BCUT2D eigenvalue weighted by atomic mass is 32.2. The molecule has 0 unspecified atom stereocenters. The number of nitrogens with zero attached hydrogens (tertiary/aromatic N) is 1. The van der Waals surface area contributed by atoms with Gasteiger partial charge in [-0.1, -0.05) is 30.3 Å². The fraction of sp³-hybridized carbons (Fsp3) is 0.250. The summed E-state index contributed by atoms with van der Waals surface area (Å²) in [5.74, 6) is -2.22. The molecule has 0 aromatic heterocycles. The lowest BCUT2D eigenvalue weighted by molar-refractivity contribution is -0.120. The largest absolute Gasteiger partial charge is 0.366 e. The van der Waals surface area contributed by atoms with Crippen molar-refractivity contribution in [1.82, 2.24) is 4.31 Å². The topological polar surface area (TPSA) is 110 Å². The Kier molecular flexibility index (Phi) is 6.18. The Labute approximate surface area is 191 Å². The van der Waals surface area contributed by atoms with Crippen LogP contribution in [-0.4, -0.2) is 37.6 Å². The molecule has 9 heteroatoms. The van der Waals surface area contributed by atoms with Crippen LogP contribution in [0.3, 0.4) is 0 Å². The van der Waals surface area contributed by atoms with E-state index in [1.54, 1.807) is 18.2 Å². The lowest BCUT2D eigenvalue weighted by atomic mass is 9.97. The third-order valence-corrected chi connectivity index (χ3v) is 7.96. The molecule has 0 spiro atoms. The highest BCUT2D eigenvalue weighted by molar-refractivity contribution is 7.89. The summed E-state index contributed by atoms with van der Waals surface area (Å²) in [6.45, 7) is 1.89. The van der Waals surface area contributed by atoms with Crippen LogP contribution in [0, 0.1) is 18.7 Å². The van der Waals surface area contributed by atoms with Gasteiger partial charge in [0.25, 0.3) is 0 Å². The first-order chi connectivity index (χ1) is 15.7. The Morgan fingerprint density at radius 3 is 2.36 bits per heavy atom. The minimum atomic E-state index is -3.69. The van der Waals surface area contributed by atoms with Crippen molar-refractivity contribution in [2.45, 2.75) is 24.7 Å². The predicted molar refractivity (Wildman–Crippen MR) is 124 cm³/mol. The first-order valence-electron chi connectivity index (χ1n) is 10.6. The first kappa shape index (κ1) is 22.9. The number of primary amides is 1. The van der Waals surface area contributed by atoms with E-state index < -0.39 is 27.7 Å². The van der Waals surface area contributed by atoms with Crippen LogP contribution >= 0.6 is 0 Å². The Morgan fingerprint density at radius 1 is 1.03 bits per heavy atom. The van der Waals surface area contributed by atoms with Gasteiger partial charge in [-0.25, -0.2) is 12.8 Å². The highest BCUT2D eigenvalue weighted by Crippen LogP contribution is 2.28. The zero-order valence-corrected chi connectivity index (χ0v) is 18.9. The molecule has 7 nitrogen and oxygen atoms in total. The van der Waals surface area contributed by atoms with Gasteiger partial charge in [-0.05, 0) is 54.8 Å². The molecule has 1 fully saturated rings. The highest BCUT2D eigenvalue weighted by Gasteiger charge is 2.32. The number of amides is 2. The Hall–Kier alpha value is -3.30. The van der Waals surface area contributed by atoms with E-state index in [0.29, 0.717) is 12.8 Å². The Morgan fingerprint density at radius 2 is 1.70 bits per heavy atom. The minimum absolute atomic E-state index is 0.0373. The molecule has 4 rings (SSSR count). The summed E-state index contributed by atoms with van der Waals surface area (Å²) >= 11 is 0. The number of benzene rings is 3. The number of halogens is 1. The predicted octanol–water partition coefficient (Wildman–Crippen LogP) is 3.43. The summed E-state index contributed by atoms with van der Waals surface area (Å²) in [7, 11) is -3.69. The molecule has 0 aliphatic carbocycles. The monoisotopic (exact) mass is 469 g/mol. The maximum atomic E-state index is 14.1. The number of hydrogen-bond donors (Lipinski definition) is 2. The molecule has 1 aliphatic heterocycles. The van der Waals surface area contributed by atoms with Crippen molar-refractivity contribution >= 4 is 38.3 Å². The van der Waals surface area contributed by atoms with E-state index >= 15 is 0 Å². The number of rotatable bonds is 5. The summed E-state index contributed by atoms with van der Waals surface area (Å²) in [6.07, 6.45) is 0.658. The van der Waals surface area contributed by atoms with E-state index in [4.69, 9.17) is 5.73 Å². The van der Waals surface area contributed by atoms with E-state index in [-0.39, 0.29) is 40.7 Å². The minimum Gasteiger partial charge on any atom is -0.366 e. The second kappa shape index (κ2) is 8.92. The third kappa shape index (κ3) is 4.60. The van der Waals surface area contributed by atoms with Crippen molar-refractivity contribution in [1.29, 1.82) is 0 Å². The SMILES string of the molecule is Cc1c(F)cc(C(N)=O)cc1NC(=O)C1CCN(S(=O)(=O)c2ccc3ccccc3c2)CC1. The van der Waals surface area contributed by atoms with E-state index in [1.807, 2.05) is 24.3 Å². The van der Waals surface area contributed by atoms with Gasteiger partial charge in [0.15, 0.2) is 0 Å². The molecule has 172 valence electrons. The molecule has 0 radical (unpaired) electrons.